The van der Waals surface area contributed by atoms with Gasteiger partial charge in [-0.1, -0.05) is 11.6 Å². The maximum Gasteiger partial charge on any atom is 0.436 e. The van der Waals surface area contributed by atoms with Crippen LogP contribution in [0.2, 0.25) is 5.02 Å². The zero-order valence-corrected chi connectivity index (χ0v) is 16.4. The van der Waals surface area contributed by atoms with E-state index in [0.29, 0.717) is 5.75 Å². The van der Waals surface area contributed by atoms with Crippen molar-refractivity contribution in [3.8, 4) is 11.5 Å². The number of anilines is 1. The van der Waals surface area contributed by atoms with Crippen LogP contribution in [0.15, 0.2) is 42.7 Å². The van der Waals surface area contributed by atoms with Gasteiger partial charge in [-0.15, -0.1) is 0 Å². The number of pyridine rings is 1. The number of ether oxygens (including phenoxy) is 1. The van der Waals surface area contributed by atoms with Crippen LogP contribution in [0, 0.1) is 17.0 Å². The monoisotopic (exact) mass is 455 g/mol. The van der Waals surface area contributed by atoms with E-state index in [0.717, 1.165) is 16.8 Å². The molecule has 3 rings (SSSR count). The van der Waals surface area contributed by atoms with Gasteiger partial charge in [-0.25, -0.2) is 0 Å². The Bertz CT molecular complexity index is 1140. The van der Waals surface area contributed by atoms with Crippen molar-refractivity contribution < 1.29 is 27.6 Å². The van der Waals surface area contributed by atoms with Crippen LogP contribution in [0.5, 0.6) is 11.5 Å². The number of halogens is 4. The van der Waals surface area contributed by atoms with E-state index in [-0.39, 0.29) is 22.8 Å². The van der Waals surface area contributed by atoms with Crippen LogP contribution in [-0.4, -0.2) is 25.6 Å². The molecule has 31 heavy (non-hydrogen) atoms. The van der Waals surface area contributed by atoms with Crippen molar-refractivity contribution in [2.75, 3.05) is 5.32 Å². The van der Waals surface area contributed by atoms with Gasteiger partial charge in [0, 0.05) is 18.3 Å². The first-order valence-electron chi connectivity index (χ1n) is 8.52. The third-order valence-electron chi connectivity index (χ3n) is 3.95. The summed E-state index contributed by atoms with van der Waals surface area (Å²) < 4.78 is 45.1. The lowest BCUT2D eigenvalue weighted by atomic mass is 10.2. The average molecular weight is 456 g/mol. The number of carbonyl (C=O) groups excluding carboxylic acids is 1. The third-order valence-corrected chi connectivity index (χ3v) is 4.40. The van der Waals surface area contributed by atoms with Crippen LogP contribution in [0.4, 0.5) is 24.5 Å². The molecule has 0 aliphatic rings. The van der Waals surface area contributed by atoms with Crippen LogP contribution >= 0.6 is 11.6 Å². The number of hydrogen-bond acceptors (Lipinski definition) is 6. The maximum atomic E-state index is 12.9. The molecule has 162 valence electrons. The molecule has 0 aliphatic heterocycles. The summed E-state index contributed by atoms with van der Waals surface area (Å²) >= 11 is 5.66. The van der Waals surface area contributed by atoms with Gasteiger partial charge in [0.15, 0.2) is 5.69 Å². The molecule has 2 heterocycles. The molecule has 0 aliphatic carbocycles. The minimum atomic E-state index is -4.78. The van der Waals surface area contributed by atoms with E-state index in [1.807, 2.05) is 0 Å². The molecule has 1 aromatic carbocycles. The Hall–Kier alpha value is -3.67. The van der Waals surface area contributed by atoms with E-state index < -0.39 is 34.3 Å². The first-order chi connectivity index (χ1) is 14.5. The highest BCUT2D eigenvalue weighted by Crippen LogP contribution is 2.35. The van der Waals surface area contributed by atoms with Gasteiger partial charge in [0.25, 0.3) is 5.69 Å². The fourth-order valence-corrected chi connectivity index (χ4v) is 2.80. The number of hydrogen-bond donors (Lipinski definition) is 1. The molecule has 3 aromatic rings. The number of rotatable bonds is 6. The van der Waals surface area contributed by atoms with Crippen molar-refractivity contribution >= 4 is 28.9 Å². The second kappa shape index (κ2) is 8.60. The topological polar surface area (TPSA) is 112 Å². The van der Waals surface area contributed by atoms with E-state index in [1.165, 1.54) is 25.4 Å². The zero-order chi connectivity index (χ0) is 22.8. The smallest absolute Gasteiger partial charge is 0.436 e. The van der Waals surface area contributed by atoms with Gasteiger partial charge in [0.05, 0.1) is 33.6 Å². The molecule has 1 N–H and O–H groups in total. The highest BCUT2D eigenvalue weighted by molar-refractivity contribution is 6.32. The number of nitrogens with one attached hydrogen (secondary N) is 1. The number of nitrogens with zero attached hydrogens (tertiary/aromatic N) is 4. The van der Waals surface area contributed by atoms with Crippen LogP contribution in [0.25, 0.3) is 0 Å². The van der Waals surface area contributed by atoms with Gasteiger partial charge in [0.1, 0.15) is 18.0 Å². The molecular weight excluding hydrogens is 443 g/mol. The quantitative estimate of drug-likeness (QED) is 0.429. The molecule has 0 unspecified atom stereocenters. The standard InChI is InChI=1S/C18H13ClF3N5O4/c1-10-16(19)17(18(20,21)22)25-26(10)9-15(28)24-11-5-12(27(29)30)7-14(6-11)31-13-3-2-4-23-8-13/h2-8H,9H2,1H3,(H,24,28). The summed E-state index contributed by atoms with van der Waals surface area (Å²) in [5.41, 5.74) is -1.72. The molecule has 0 saturated heterocycles. The van der Waals surface area contributed by atoms with E-state index in [4.69, 9.17) is 16.3 Å². The number of amides is 1. The lowest BCUT2D eigenvalue weighted by molar-refractivity contribution is -0.384. The molecule has 0 saturated carbocycles. The Balaban J connectivity index is 1.82. The van der Waals surface area contributed by atoms with Crippen molar-refractivity contribution in [1.29, 1.82) is 0 Å². The number of carbonyl (C=O) groups is 1. The highest BCUT2D eigenvalue weighted by Gasteiger charge is 2.38. The normalized spacial score (nSPS) is 11.3. The fourth-order valence-electron chi connectivity index (χ4n) is 2.56. The summed E-state index contributed by atoms with van der Waals surface area (Å²) in [5.74, 6) is -0.416. The predicted octanol–water partition coefficient (Wildman–Crippen LogP) is 4.60. The summed E-state index contributed by atoms with van der Waals surface area (Å²) in [6, 6.07) is 6.73. The minimum absolute atomic E-state index is 0.00467. The molecule has 0 bridgehead atoms. The third kappa shape index (κ3) is 5.28. The number of aromatic nitrogens is 3. The molecule has 13 heteroatoms. The summed E-state index contributed by atoms with van der Waals surface area (Å²) in [7, 11) is 0. The molecule has 1 amide bonds. The summed E-state index contributed by atoms with van der Waals surface area (Å²) in [6.45, 7) is 0.689. The van der Waals surface area contributed by atoms with Crippen LogP contribution in [0.1, 0.15) is 11.4 Å². The maximum absolute atomic E-state index is 12.9. The van der Waals surface area contributed by atoms with Gasteiger partial charge in [-0.2, -0.15) is 18.3 Å². The first-order valence-corrected chi connectivity index (χ1v) is 8.89. The Morgan fingerprint density at radius 3 is 2.65 bits per heavy atom. The molecule has 2 aromatic heterocycles. The van der Waals surface area contributed by atoms with E-state index in [9.17, 15) is 28.1 Å². The number of alkyl halides is 3. The van der Waals surface area contributed by atoms with Crippen molar-refractivity contribution in [2.45, 2.75) is 19.6 Å². The number of benzene rings is 1. The SMILES string of the molecule is Cc1c(Cl)c(C(F)(F)F)nn1CC(=O)Nc1cc(Oc2cccnc2)cc([N+](=O)[O-])c1. The second-order valence-electron chi connectivity index (χ2n) is 6.22. The fraction of sp³-hybridized carbons (Fsp3) is 0.167. The number of nitro benzene ring substituents is 1. The molecular formula is C18H13ClF3N5O4. The van der Waals surface area contributed by atoms with E-state index in [1.54, 1.807) is 12.1 Å². The van der Waals surface area contributed by atoms with Crippen LogP contribution in [0.3, 0.4) is 0 Å². The van der Waals surface area contributed by atoms with E-state index >= 15 is 0 Å². The Kier molecular flexibility index (Phi) is 6.11. The number of nitro groups is 1. The van der Waals surface area contributed by atoms with Gasteiger partial charge < -0.3 is 10.1 Å². The Morgan fingerprint density at radius 2 is 2.06 bits per heavy atom. The molecule has 0 atom stereocenters. The average Bonchev–Trinajstić information content (AvgIpc) is 2.97. The summed E-state index contributed by atoms with van der Waals surface area (Å²) in [4.78, 5) is 26.7. The second-order valence-corrected chi connectivity index (χ2v) is 6.59. The molecule has 0 spiro atoms. The van der Waals surface area contributed by atoms with E-state index in [2.05, 4.69) is 15.4 Å². The molecule has 0 radical (unpaired) electrons. The van der Waals surface area contributed by atoms with Gasteiger partial charge >= 0.3 is 6.18 Å². The first kappa shape index (κ1) is 22.0. The predicted molar refractivity (Wildman–Crippen MR) is 103 cm³/mol. The Morgan fingerprint density at radius 1 is 1.32 bits per heavy atom. The van der Waals surface area contributed by atoms with Crippen molar-refractivity contribution in [3.63, 3.8) is 0 Å². The van der Waals surface area contributed by atoms with Crippen LogP contribution < -0.4 is 10.1 Å². The zero-order valence-electron chi connectivity index (χ0n) is 15.7. The van der Waals surface area contributed by atoms with Crippen molar-refractivity contribution in [2.24, 2.45) is 0 Å². The number of non-ortho nitro benzene ring substituents is 1. The summed E-state index contributed by atoms with van der Waals surface area (Å²) in [5, 5.41) is 16.3. The van der Waals surface area contributed by atoms with Gasteiger partial charge in [-0.3, -0.25) is 24.6 Å². The van der Waals surface area contributed by atoms with Crippen LogP contribution in [-0.2, 0) is 17.5 Å². The van der Waals surface area contributed by atoms with Gasteiger partial charge in [-0.05, 0) is 19.1 Å². The molecule has 9 nitrogen and oxygen atoms in total. The van der Waals surface area contributed by atoms with Crippen molar-refractivity contribution in [3.05, 3.63) is 69.3 Å². The highest BCUT2D eigenvalue weighted by atomic mass is 35.5. The lowest BCUT2D eigenvalue weighted by Crippen LogP contribution is -2.21. The largest absolute Gasteiger partial charge is 0.455 e. The lowest BCUT2D eigenvalue weighted by Gasteiger charge is -2.10. The Labute approximate surface area is 177 Å². The molecule has 0 fully saturated rings. The van der Waals surface area contributed by atoms with Crippen molar-refractivity contribution in [1.82, 2.24) is 14.8 Å². The summed E-state index contributed by atoms with van der Waals surface area (Å²) in [6.07, 6.45) is -1.87. The van der Waals surface area contributed by atoms with Gasteiger partial charge in [0.2, 0.25) is 5.91 Å². The minimum Gasteiger partial charge on any atom is -0.455 e.